The monoisotopic (exact) mass is 915 g/mol. The van der Waals surface area contributed by atoms with Crippen molar-refractivity contribution in [1.29, 1.82) is 0 Å². The molecule has 0 spiro atoms. The first-order chi connectivity index (χ1) is 18.9. The molecule has 0 rings (SSSR count). The topological polar surface area (TPSA) is 443 Å². The van der Waals surface area contributed by atoms with E-state index in [1.165, 1.54) is 13.8 Å². The summed E-state index contributed by atoms with van der Waals surface area (Å²) in [5, 5.41) is 41.3. The molecule has 0 aromatic carbocycles. The maximum atomic E-state index is 10.6. The fourth-order valence-electron chi connectivity index (χ4n) is 1.55. The third-order valence-corrected chi connectivity index (χ3v) is 3.64. The number of rotatable bonds is 10. The van der Waals surface area contributed by atoms with E-state index in [1.54, 1.807) is 0 Å². The maximum Gasteiger partial charge on any atom is 2.00 e. The summed E-state index contributed by atoms with van der Waals surface area (Å²) in [4.78, 5) is 35.2. The van der Waals surface area contributed by atoms with Crippen molar-refractivity contribution in [1.82, 2.24) is 19.6 Å². The van der Waals surface area contributed by atoms with Gasteiger partial charge in [-0.2, -0.15) is 0 Å². The molecule has 23 nitrogen and oxygen atoms in total. The Morgan fingerprint density at radius 2 is 0.633 bits per heavy atom. The van der Waals surface area contributed by atoms with Gasteiger partial charge in [0, 0.05) is 56.5 Å². The van der Waals surface area contributed by atoms with Crippen molar-refractivity contribution in [3.63, 3.8) is 0 Å². The molecular weight excluding hydrogens is 870 g/mol. The number of hydrogen-bond acceptors (Lipinski definition) is 20. The Balaban J connectivity index is -0.0000000432. The van der Waals surface area contributed by atoms with E-state index < -0.39 is 49.6 Å². The van der Waals surface area contributed by atoms with Gasteiger partial charge >= 0.3 is 51.2 Å². The fraction of sp³-hybridized carbons (Fsp3) is 0.810. The van der Waals surface area contributed by atoms with Crippen molar-refractivity contribution < 1.29 is 155 Å². The average molecular weight is 918 g/mol. The van der Waals surface area contributed by atoms with E-state index in [0.29, 0.717) is 0 Å². The van der Waals surface area contributed by atoms with E-state index in [-0.39, 0.29) is 80.7 Å². The number of carbonyl (C=O) groups excluding carboxylic acids is 2. The number of aliphatic carboxylic acids is 2. The van der Waals surface area contributed by atoms with Gasteiger partial charge in [0.15, 0.2) is 0 Å². The summed E-state index contributed by atoms with van der Waals surface area (Å²) >= 11 is 0. The van der Waals surface area contributed by atoms with E-state index in [2.05, 4.69) is 86.0 Å². The van der Waals surface area contributed by atoms with Crippen LogP contribution >= 0.6 is 0 Å². The number of nitrogens with zero attached hydrogens (tertiary/aromatic N) is 6. The molecule has 0 aromatic heterocycles. The van der Waals surface area contributed by atoms with Gasteiger partial charge in [0.25, 0.3) is 0 Å². The quantitative estimate of drug-likeness (QED) is 0.112. The summed E-state index contributed by atoms with van der Waals surface area (Å²) in [5.74, 6) is -6.68. The summed E-state index contributed by atoms with van der Waals surface area (Å²) in [6.45, 7) is 7.21. The van der Waals surface area contributed by atoms with Gasteiger partial charge in [-0.1, -0.05) is 13.8 Å². The normalized spacial score (nSPS) is 10.8. The smallest absolute Gasteiger partial charge is 0.858 e. The summed E-state index contributed by atoms with van der Waals surface area (Å²) < 4.78 is 67.9. The number of aliphatic imine (C=N–C) groups is 2. The molecular formula is C21H48Cl2Cu3N6O17. The molecule has 0 aliphatic heterocycles. The van der Waals surface area contributed by atoms with Crippen molar-refractivity contribution in [3.8, 4) is 0 Å². The predicted octanol–water partition coefficient (Wildman–Crippen LogP) is -16.7. The summed E-state index contributed by atoms with van der Waals surface area (Å²) in [6, 6.07) is 0. The van der Waals surface area contributed by atoms with Crippen LogP contribution in [0.4, 0.5) is 0 Å². The Kier molecular flexibility index (Phi) is 66.4. The van der Waals surface area contributed by atoms with Crippen LogP contribution in [0.2, 0.25) is 0 Å². The molecule has 28 heteroatoms. The van der Waals surface area contributed by atoms with Crippen molar-refractivity contribution in [2.75, 3.05) is 95.6 Å². The van der Waals surface area contributed by atoms with Crippen LogP contribution in [0.3, 0.4) is 0 Å². The van der Waals surface area contributed by atoms with E-state index >= 15 is 0 Å². The molecule has 3 radical (unpaired) electrons. The molecule has 0 heterocycles. The van der Waals surface area contributed by atoms with Crippen LogP contribution in [0.5, 0.6) is 0 Å². The molecule has 0 fully saturated rings. The van der Waals surface area contributed by atoms with Crippen LogP contribution in [0.15, 0.2) is 9.98 Å². The van der Waals surface area contributed by atoms with Crippen LogP contribution in [0, 0.1) is 25.9 Å². The van der Waals surface area contributed by atoms with Gasteiger partial charge in [0.05, 0.1) is 11.9 Å². The number of hydrogen-bond donors (Lipinski definition) is 0. The summed E-state index contributed by atoms with van der Waals surface area (Å²) in [6.07, 6.45) is 0. The van der Waals surface area contributed by atoms with Gasteiger partial charge in [-0.05, 0) is 56.4 Å². The van der Waals surface area contributed by atoms with E-state index in [4.69, 9.17) is 37.3 Å². The number of carbonyl (C=O) groups is 2. The molecule has 0 bridgehead atoms. The van der Waals surface area contributed by atoms with Crippen molar-refractivity contribution in [2.24, 2.45) is 15.4 Å². The first kappa shape index (κ1) is 77.8. The number of likely N-dealkylation sites (N-methyl/N-ethyl adjacent to an activating group) is 4. The van der Waals surface area contributed by atoms with Crippen molar-refractivity contribution in [3.05, 3.63) is 0 Å². The van der Waals surface area contributed by atoms with E-state index in [1.807, 2.05) is 0 Å². The Morgan fingerprint density at radius 1 is 0.490 bits per heavy atom. The zero-order valence-electron chi connectivity index (χ0n) is 28.3. The first-order valence-electron chi connectivity index (χ1n) is 11.6. The third-order valence-electron chi connectivity index (χ3n) is 3.64. The van der Waals surface area contributed by atoms with Crippen LogP contribution in [0.25, 0.3) is 0 Å². The largest absolute Gasteiger partial charge is 2.00 e. The maximum absolute atomic E-state index is 10.6. The van der Waals surface area contributed by atoms with Gasteiger partial charge in [0.2, 0.25) is 0 Å². The zero-order chi connectivity index (χ0) is 35.8. The molecule has 0 saturated carbocycles. The number of carboxylic acid groups (broad SMARTS) is 2. The molecule has 49 heavy (non-hydrogen) atoms. The minimum atomic E-state index is -4.94. The molecule has 0 aliphatic carbocycles. The molecule has 0 saturated heterocycles. The number of carboxylic acids is 2. The molecule has 0 atom stereocenters. The molecule has 0 aliphatic rings. The third kappa shape index (κ3) is 113. The van der Waals surface area contributed by atoms with Crippen LogP contribution in [-0.4, -0.2) is 155 Å². The molecule has 0 aromatic rings. The van der Waals surface area contributed by atoms with Crippen LogP contribution in [0.1, 0.15) is 13.8 Å². The average Bonchev–Trinajstić information content (AvgIpc) is 2.77. The molecule has 6 N–H and O–H groups in total. The standard InChI is InChI=1S/C9H14N2O6.2C6H16N2.2ClHO4.3Cu.3H2O/c1-9(2,3-10-5(12)7(14)15)4-11-6(13)8(16)17;2*1-7(2)5-6-8(3)4;2*2-1(3,4)5;;;;;;/h3-4H2,1-2H3,(H,10,12)(H,11,13)(H,14,15)(H,16,17);2*5-6H2,1-4H3;2*(H,2,3,4,5);;;;3*1H2/q;;;;;3*+2;;;/p-6. The van der Waals surface area contributed by atoms with Crippen LogP contribution in [-0.2, 0) is 60.8 Å². The van der Waals surface area contributed by atoms with Gasteiger partial charge in [-0.25, -0.2) is 37.3 Å². The SMILES string of the molecule is CC(C)(CN=C([O-])C(=O)[O-])CN=C([O-])C(=O)[O-].CN(C)CCN(C)C.CN(C)CCN(C)C.O.O.O.[Cu+2].[Cu+2].[Cu+2].[O-][Cl+3]([O-])([O-])[O-].[O-][Cl+3]([O-])([O-])[O-]. The Hall–Kier alpha value is -0.582. The van der Waals surface area contributed by atoms with E-state index in [9.17, 15) is 30.0 Å². The van der Waals surface area contributed by atoms with Gasteiger partial charge in [-0.15, -0.1) is 20.5 Å². The number of halogens is 2. The van der Waals surface area contributed by atoms with Gasteiger partial charge in [0.1, 0.15) is 0 Å². The second kappa shape index (κ2) is 41.8. The van der Waals surface area contributed by atoms with Crippen molar-refractivity contribution >= 4 is 23.7 Å². The second-order valence-electron chi connectivity index (χ2n) is 9.95. The fourth-order valence-corrected chi connectivity index (χ4v) is 1.55. The molecule has 311 valence electrons. The van der Waals surface area contributed by atoms with E-state index in [0.717, 1.165) is 26.2 Å². The predicted molar refractivity (Wildman–Crippen MR) is 133 cm³/mol. The molecule has 0 amide bonds. The van der Waals surface area contributed by atoms with Crippen LogP contribution < -0.4 is 57.7 Å². The second-order valence-corrected chi connectivity index (χ2v) is 11.5. The Bertz CT molecular complexity index is 718. The molecule has 0 unspecified atom stereocenters. The Labute approximate surface area is 322 Å². The summed E-state index contributed by atoms with van der Waals surface area (Å²) in [7, 11) is 6.81. The van der Waals surface area contributed by atoms with Crippen molar-refractivity contribution in [2.45, 2.75) is 13.8 Å². The van der Waals surface area contributed by atoms with Gasteiger partial charge < -0.3 is 66.0 Å². The Morgan fingerprint density at radius 3 is 0.735 bits per heavy atom. The minimum Gasteiger partial charge on any atom is -0.858 e. The summed E-state index contributed by atoms with van der Waals surface area (Å²) in [5.41, 5.74) is -0.823. The minimum absolute atomic E-state index is 0. The van der Waals surface area contributed by atoms with Gasteiger partial charge in [-0.3, -0.25) is 9.98 Å². The zero-order valence-corrected chi connectivity index (χ0v) is 32.6. The first-order valence-corrected chi connectivity index (χ1v) is 14.1.